The Morgan fingerprint density at radius 3 is 2.40 bits per heavy atom. The highest BCUT2D eigenvalue weighted by Crippen LogP contribution is 2.31. The molecule has 0 unspecified atom stereocenters. The molecule has 0 saturated heterocycles. The molecule has 0 atom stereocenters. The molecule has 110 valence electrons. The summed E-state index contributed by atoms with van der Waals surface area (Å²) in [5.41, 5.74) is -1.13. The van der Waals surface area contributed by atoms with Gasteiger partial charge in [-0.1, -0.05) is 25.4 Å². The van der Waals surface area contributed by atoms with E-state index in [1.807, 2.05) is 0 Å². The lowest BCUT2D eigenvalue weighted by Gasteiger charge is -2.25. The van der Waals surface area contributed by atoms with Crippen molar-refractivity contribution in [3.05, 3.63) is 29.0 Å². The van der Waals surface area contributed by atoms with Crippen LogP contribution in [0.2, 0.25) is 5.02 Å². The zero-order valence-electron chi connectivity index (χ0n) is 11.4. The number of carboxylic acids is 1. The van der Waals surface area contributed by atoms with E-state index in [0.717, 1.165) is 6.07 Å². The largest absolute Gasteiger partial charge is 0.481 e. The fourth-order valence-corrected chi connectivity index (χ4v) is 2.13. The lowest BCUT2D eigenvalue weighted by atomic mass is 9.79. The van der Waals surface area contributed by atoms with Crippen molar-refractivity contribution in [2.75, 3.05) is 5.32 Å². The van der Waals surface area contributed by atoms with Gasteiger partial charge in [-0.2, -0.15) is 0 Å². The first-order valence-corrected chi connectivity index (χ1v) is 6.70. The summed E-state index contributed by atoms with van der Waals surface area (Å²) in [5.74, 6) is -2.20. The summed E-state index contributed by atoms with van der Waals surface area (Å²) in [6.07, 6.45) is 0.460. The van der Waals surface area contributed by atoms with Gasteiger partial charge < -0.3 is 10.4 Å². The minimum absolute atomic E-state index is 0.00843. The van der Waals surface area contributed by atoms with Crippen molar-refractivity contribution >= 4 is 29.2 Å². The SMILES string of the molecule is CCC(CC)(CC(=O)Nc1ccc(Cl)cc1F)C(=O)O. The number of nitrogens with one attached hydrogen (secondary N) is 1. The minimum Gasteiger partial charge on any atom is -0.481 e. The van der Waals surface area contributed by atoms with Gasteiger partial charge in [-0.3, -0.25) is 9.59 Å². The van der Waals surface area contributed by atoms with Crippen LogP contribution in [0.25, 0.3) is 0 Å². The number of carboxylic acid groups (broad SMARTS) is 1. The third-order valence-electron chi connectivity index (χ3n) is 3.51. The van der Waals surface area contributed by atoms with Gasteiger partial charge in [0.15, 0.2) is 0 Å². The summed E-state index contributed by atoms with van der Waals surface area (Å²) < 4.78 is 13.6. The Bertz CT molecular complexity index is 515. The monoisotopic (exact) mass is 301 g/mol. The third-order valence-corrected chi connectivity index (χ3v) is 3.75. The molecule has 0 aromatic heterocycles. The van der Waals surface area contributed by atoms with E-state index in [4.69, 9.17) is 11.6 Å². The summed E-state index contributed by atoms with van der Waals surface area (Å²) in [7, 11) is 0. The first-order chi connectivity index (χ1) is 9.34. The van der Waals surface area contributed by atoms with E-state index in [1.165, 1.54) is 12.1 Å². The molecule has 0 saturated carbocycles. The van der Waals surface area contributed by atoms with Crippen LogP contribution in [0.3, 0.4) is 0 Å². The fourth-order valence-electron chi connectivity index (χ4n) is 1.97. The minimum atomic E-state index is -1.12. The van der Waals surface area contributed by atoms with Crippen molar-refractivity contribution in [3.63, 3.8) is 0 Å². The van der Waals surface area contributed by atoms with Crippen LogP contribution >= 0.6 is 11.6 Å². The zero-order chi connectivity index (χ0) is 15.3. The van der Waals surface area contributed by atoms with Gasteiger partial charge in [-0.25, -0.2) is 4.39 Å². The molecule has 1 aromatic rings. The maximum atomic E-state index is 13.6. The Balaban J connectivity index is 2.83. The number of amides is 1. The molecular formula is C14H17ClFNO3. The second-order valence-electron chi connectivity index (χ2n) is 4.64. The highest BCUT2D eigenvalue weighted by atomic mass is 35.5. The van der Waals surface area contributed by atoms with Gasteiger partial charge in [0.05, 0.1) is 11.1 Å². The predicted molar refractivity (Wildman–Crippen MR) is 75.3 cm³/mol. The van der Waals surface area contributed by atoms with Crippen molar-refractivity contribution in [2.24, 2.45) is 5.41 Å². The number of hydrogen-bond acceptors (Lipinski definition) is 2. The molecule has 4 nitrogen and oxygen atoms in total. The molecule has 0 heterocycles. The molecule has 0 aliphatic carbocycles. The van der Waals surface area contributed by atoms with Crippen LogP contribution in [0.4, 0.5) is 10.1 Å². The Kier molecular flexibility index (Phi) is 5.51. The van der Waals surface area contributed by atoms with E-state index in [9.17, 15) is 19.1 Å². The number of halogens is 2. The predicted octanol–water partition coefficient (Wildman–Crippen LogP) is 3.70. The number of rotatable bonds is 6. The topological polar surface area (TPSA) is 66.4 Å². The maximum Gasteiger partial charge on any atom is 0.310 e. The van der Waals surface area contributed by atoms with Crippen molar-refractivity contribution < 1.29 is 19.1 Å². The van der Waals surface area contributed by atoms with Gasteiger partial charge in [0.25, 0.3) is 0 Å². The van der Waals surface area contributed by atoms with Gasteiger partial charge in [-0.05, 0) is 31.0 Å². The Labute approximate surface area is 121 Å². The lowest BCUT2D eigenvalue weighted by molar-refractivity contribution is -0.151. The molecule has 0 aliphatic rings. The molecule has 20 heavy (non-hydrogen) atoms. The number of anilines is 1. The second-order valence-corrected chi connectivity index (χ2v) is 5.08. The first-order valence-electron chi connectivity index (χ1n) is 6.33. The van der Waals surface area contributed by atoms with Gasteiger partial charge in [-0.15, -0.1) is 0 Å². The van der Waals surface area contributed by atoms with Crippen LogP contribution in [-0.2, 0) is 9.59 Å². The molecule has 1 amide bonds. The van der Waals surface area contributed by atoms with E-state index in [-0.39, 0.29) is 17.1 Å². The standard InChI is InChI=1S/C14H17ClFNO3/c1-3-14(4-2,13(19)20)8-12(18)17-11-6-5-9(15)7-10(11)16/h5-7H,3-4,8H2,1-2H3,(H,17,18)(H,19,20). The quantitative estimate of drug-likeness (QED) is 0.842. The van der Waals surface area contributed by atoms with Crippen molar-refractivity contribution in [1.29, 1.82) is 0 Å². The van der Waals surface area contributed by atoms with E-state index in [2.05, 4.69) is 5.32 Å². The van der Waals surface area contributed by atoms with Gasteiger partial charge in [0.2, 0.25) is 5.91 Å². The Morgan fingerprint density at radius 1 is 1.35 bits per heavy atom. The van der Waals surface area contributed by atoms with Gasteiger partial charge >= 0.3 is 5.97 Å². The number of hydrogen-bond donors (Lipinski definition) is 2. The zero-order valence-corrected chi connectivity index (χ0v) is 12.1. The van der Waals surface area contributed by atoms with E-state index < -0.39 is 23.1 Å². The molecule has 1 aromatic carbocycles. The van der Waals surface area contributed by atoms with E-state index in [1.54, 1.807) is 13.8 Å². The Hall–Kier alpha value is -1.62. The van der Waals surface area contributed by atoms with Crippen molar-refractivity contribution in [1.82, 2.24) is 0 Å². The lowest BCUT2D eigenvalue weighted by Crippen LogP contribution is -2.34. The highest BCUT2D eigenvalue weighted by Gasteiger charge is 2.37. The van der Waals surface area contributed by atoms with Crippen molar-refractivity contribution in [2.45, 2.75) is 33.1 Å². The number of aliphatic carboxylic acids is 1. The van der Waals surface area contributed by atoms with Crippen LogP contribution in [0.5, 0.6) is 0 Å². The molecule has 0 radical (unpaired) electrons. The summed E-state index contributed by atoms with van der Waals surface area (Å²) in [4.78, 5) is 23.2. The average Bonchev–Trinajstić information content (AvgIpc) is 2.39. The molecule has 2 N–H and O–H groups in total. The number of carbonyl (C=O) groups excluding carboxylic acids is 1. The molecule has 6 heteroatoms. The molecule has 1 rings (SSSR count). The second kappa shape index (κ2) is 6.70. The smallest absolute Gasteiger partial charge is 0.310 e. The fraction of sp³-hybridized carbons (Fsp3) is 0.429. The van der Waals surface area contributed by atoms with E-state index >= 15 is 0 Å². The Morgan fingerprint density at radius 2 is 1.95 bits per heavy atom. The summed E-state index contributed by atoms with van der Waals surface area (Å²) in [6, 6.07) is 3.88. The summed E-state index contributed by atoms with van der Waals surface area (Å²) in [6.45, 7) is 3.43. The highest BCUT2D eigenvalue weighted by molar-refractivity contribution is 6.30. The van der Waals surface area contributed by atoms with Gasteiger partial charge in [0.1, 0.15) is 5.82 Å². The van der Waals surface area contributed by atoms with Crippen LogP contribution in [0.15, 0.2) is 18.2 Å². The normalized spacial score (nSPS) is 11.2. The number of carbonyl (C=O) groups is 2. The van der Waals surface area contributed by atoms with Crippen molar-refractivity contribution in [3.8, 4) is 0 Å². The molecule has 0 spiro atoms. The van der Waals surface area contributed by atoms with E-state index in [0.29, 0.717) is 12.8 Å². The van der Waals surface area contributed by atoms with Crippen LogP contribution in [0.1, 0.15) is 33.1 Å². The maximum absolute atomic E-state index is 13.6. The van der Waals surface area contributed by atoms with Crippen LogP contribution < -0.4 is 5.32 Å². The molecule has 0 fully saturated rings. The molecular weight excluding hydrogens is 285 g/mol. The van der Waals surface area contributed by atoms with Crippen LogP contribution in [0, 0.1) is 11.2 Å². The average molecular weight is 302 g/mol. The third kappa shape index (κ3) is 3.70. The first kappa shape index (κ1) is 16.4. The summed E-state index contributed by atoms with van der Waals surface area (Å²) >= 11 is 5.62. The van der Waals surface area contributed by atoms with Crippen LogP contribution in [-0.4, -0.2) is 17.0 Å². The van der Waals surface area contributed by atoms with Gasteiger partial charge in [0, 0.05) is 11.4 Å². The molecule has 0 bridgehead atoms. The molecule has 0 aliphatic heterocycles. The summed E-state index contributed by atoms with van der Waals surface area (Å²) in [5, 5.41) is 11.9. The number of benzene rings is 1.